The highest BCUT2D eigenvalue weighted by Gasteiger charge is 2.03. The first-order chi connectivity index (χ1) is 6.67. The highest BCUT2D eigenvalue weighted by molar-refractivity contribution is 9.09. The molecule has 3 heteroatoms. The molecule has 1 aromatic rings. The molecule has 0 amide bonds. The number of aryl methyl sites for hydroxylation is 1. The molecular formula is C11H13BrOS. The summed E-state index contributed by atoms with van der Waals surface area (Å²) in [6.07, 6.45) is 1.46. The number of carbonyl (C=O) groups is 1. The van der Waals surface area contributed by atoms with Crippen LogP contribution in [0.2, 0.25) is 0 Å². The Morgan fingerprint density at radius 1 is 1.50 bits per heavy atom. The molecule has 1 aromatic carbocycles. The second-order valence-electron chi connectivity index (χ2n) is 3.17. The number of thiol groups is 1. The van der Waals surface area contributed by atoms with E-state index in [1.165, 1.54) is 5.56 Å². The molecule has 0 bridgehead atoms. The Hall–Kier alpha value is -0.280. The molecular weight excluding hydrogens is 260 g/mol. The molecule has 0 saturated carbocycles. The number of rotatable bonds is 4. The third-order valence-electron chi connectivity index (χ3n) is 2.08. The second kappa shape index (κ2) is 5.56. The molecule has 14 heavy (non-hydrogen) atoms. The quantitative estimate of drug-likeness (QED) is 0.659. The number of alkyl halides is 1. The summed E-state index contributed by atoms with van der Waals surface area (Å²) in [4.78, 5) is 12.2. The Morgan fingerprint density at radius 2 is 2.21 bits per heavy atom. The summed E-state index contributed by atoms with van der Waals surface area (Å²) in [6, 6.07) is 5.98. The monoisotopic (exact) mass is 272 g/mol. The Kier molecular flexibility index (Phi) is 4.69. The van der Waals surface area contributed by atoms with Crippen LogP contribution >= 0.6 is 28.6 Å². The molecule has 0 aliphatic carbocycles. The normalized spacial score (nSPS) is 10.2. The molecule has 0 aromatic heterocycles. The lowest BCUT2D eigenvalue weighted by molar-refractivity contribution is -0.115. The van der Waals surface area contributed by atoms with Gasteiger partial charge in [-0.05, 0) is 23.6 Å². The lowest BCUT2D eigenvalue weighted by atomic mass is 10.0. The van der Waals surface area contributed by atoms with Gasteiger partial charge in [0.15, 0.2) is 0 Å². The van der Waals surface area contributed by atoms with E-state index in [9.17, 15) is 4.79 Å². The molecule has 0 aliphatic heterocycles. The molecule has 0 fully saturated rings. The fourth-order valence-corrected chi connectivity index (χ4v) is 1.80. The molecule has 0 spiro atoms. The van der Waals surface area contributed by atoms with Crippen molar-refractivity contribution in [2.75, 3.05) is 5.33 Å². The minimum absolute atomic E-state index is 0.207. The third-order valence-corrected chi connectivity index (χ3v) is 3.14. The van der Waals surface area contributed by atoms with E-state index in [-0.39, 0.29) is 5.78 Å². The van der Waals surface area contributed by atoms with Crippen LogP contribution in [0.15, 0.2) is 23.1 Å². The fourth-order valence-electron chi connectivity index (χ4n) is 1.31. The summed E-state index contributed by atoms with van der Waals surface area (Å²) < 4.78 is 0. The molecule has 0 N–H and O–H groups in total. The van der Waals surface area contributed by atoms with Gasteiger partial charge in [-0.3, -0.25) is 4.79 Å². The van der Waals surface area contributed by atoms with Crippen LogP contribution in [0.1, 0.15) is 18.1 Å². The Bertz CT molecular complexity index is 336. The SMILES string of the molecule is CCc1cc(CC(=O)CBr)ccc1S. The van der Waals surface area contributed by atoms with E-state index < -0.39 is 0 Å². The molecule has 0 radical (unpaired) electrons. The predicted octanol–water partition coefficient (Wildman–Crippen LogP) is 3.04. The smallest absolute Gasteiger partial charge is 0.147 e. The zero-order valence-corrected chi connectivity index (χ0v) is 10.6. The van der Waals surface area contributed by atoms with Crippen molar-refractivity contribution in [2.24, 2.45) is 0 Å². The van der Waals surface area contributed by atoms with Crippen LogP contribution in [0.4, 0.5) is 0 Å². The first-order valence-electron chi connectivity index (χ1n) is 4.55. The third kappa shape index (κ3) is 3.14. The van der Waals surface area contributed by atoms with Crippen molar-refractivity contribution in [2.45, 2.75) is 24.7 Å². The van der Waals surface area contributed by atoms with Crippen molar-refractivity contribution in [3.63, 3.8) is 0 Å². The average molecular weight is 273 g/mol. The molecule has 1 nitrogen and oxygen atoms in total. The van der Waals surface area contributed by atoms with Crippen molar-refractivity contribution in [3.05, 3.63) is 29.3 Å². The van der Waals surface area contributed by atoms with Gasteiger partial charge >= 0.3 is 0 Å². The van der Waals surface area contributed by atoms with Gasteiger partial charge in [-0.1, -0.05) is 35.0 Å². The second-order valence-corrected chi connectivity index (χ2v) is 4.21. The van der Waals surface area contributed by atoms with Gasteiger partial charge in [0, 0.05) is 11.3 Å². The van der Waals surface area contributed by atoms with Crippen molar-refractivity contribution < 1.29 is 4.79 Å². The van der Waals surface area contributed by atoms with Gasteiger partial charge in [0.25, 0.3) is 0 Å². The summed E-state index contributed by atoms with van der Waals surface area (Å²) in [5.74, 6) is 0.207. The largest absolute Gasteiger partial charge is 0.298 e. The van der Waals surface area contributed by atoms with E-state index in [1.807, 2.05) is 12.1 Å². The molecule has 0 unspecified atom stereocenters. The Balaban J connectivity index is 2.84. The lowest BCUT2D eigenvalue weighted by Gasteiger charge is -2.05. The molecule has 1 rings (SSSR count). The number of halogens is 1. The van der Waals surface area contributed by atoms with Crippen molar-refractivity contribution >= 4 is 34.3 Å². The van der Waals surface area contributed by atoms with Crippen molar-refractivity contribution in [3.8, 4) is 0 Å². The van der Waals surface area contributed by atoms with Crippen LogP contribution in [0.5, 0.6) is 0 Å². The average Bonchev–Trinajstić information content (AvgIpc) is 2.20. The van der Waals surface area contributed by atoms with Crippen LogP contribution < -0.4 is 0 Å². The number of benzene rings is 1. The molecule has 0 aliphatic rings. The van der Waals surface area contributed by atoms with E-state index in [4.69, 9.17) is 0 Å². The fraction of sp³-hybridized carbons (Fsp3) is 0.364. The zero-order chi connectivity index (χ0) is 10.6. The maximum atomic E-state index is 11.2. The van der Waals surface area contributed by atoms with Crippen LogP contribution in [0, 0.1) is 0 Å². The summed E-state index contributed by atoms with van der Waals surface area (Å²) in [5.41, 5.74) is 2.28. The van der Waals surface area contributed by atoms with Gasteiger partial charge < -0.3 is 0 Å². The van der Waals surface area contributed by atoms with E-state index in [0.717, 1.165) is 16.9 Å². The Morgan fingerprint density at radius 3 is 2.79 bits per heavy atom. The van der Waals surface area contributed by atoms with E-state index in [0.29, 0.717) is 11.8 Å². The first-order valence-corrected chi connectivity index (χ1v) is 6.12. The number of Topliss-reactive ketones (excluding diaryl/α,β-unsaturated/α-hetero) is 1. The van der Waals surface area contributed by atoms with Crippen LogP contribution in [0.25, 0.3) is 0 Å². The van der Waals surface area contributed by atoms with Gasteiger partial charge in [0.2, 0.25) is 0 Å². The van der Waals surface area contributed by atoms with Crippen LogP contribution in [0.3, 0.4) is 0 Å². The van der Waals surface area contributed by atoms with E-state index >= 15 is 0 Å². The molecule has 0 saturated heterocycles. The minimum atomic E-state index is 0.207. The number of hydrogen-bond acceptors (Lipinski definition) is 2. The topological polar surface area (TPSA) is 17.1 Å². The first kappa shape index (κ1) is 11.8. The summed E-state index contributed by atoms with van der Waals surface area (Å²) in [7, 11) is 0. The summed E-state index contributed by atoms with van der Waals surface area (Å²) in [5, 5.41) is 0.428. The van der Waals surface area contributed by atoms with Gasteiger partial charge in [-0.2, -0.15) is 0 Å². The number of carbonyl (C=O) groups excluding carboxylic acids is 1. The number of hydrogen-bond donors (Lipinski definition) is 1. The highest BCUT2D eigenvalue weighted by Crippen LogP contribution is 2.17. The Labute approximate surface area is 98.4 Å². The van der Waals surface area contributed by atoms with Crippen LogP contribution in [-0.2, 0) is 17.6 Å². The molecule has 0 heterocycles. The van der Waals surface area contributed by atoms with E-state index in [2.05, 4.69) is 41.5 Å². The highest BCUT2D eigenvalue weighted by atomic mass is 79.9. The van der Waals surface area contributed by atoms with Crippen molar-refractivity contribution in [1.82, 2.24) is 0 Å². The van der Waals surface area contributed by atoms with Gasteiger partial charge in [0.1, 0.15) is 5.78 Å². The summed E-state index contributed by atoms with van der Waals surface area (Å²) in [6.45, 7) is 2.09. The zero-order valence-electron chi connectivity index (χ0n) is 8.09. The maximum Gasteiger partial charge on any atom is 0.147 e. The molecule has 0 atom stereocenters. The lowest BCUT2D eigenvalue weighted by Crippen LogP contribution is -2.03. The van der Waals surface area contributed by atoms with Gasteiger partial charge in [-0.25, -0.2) is 0 Å². The standard InChI is InChI=1S/C11H13BrOS/c1-2-9-5-8(3-4-11(9)14)6-10(13)7-12/h3-5,14H,2,6-7H2,1H3. The van der Waals surface area contributed by atoms with Gasteiger partial charge in [0.05, 0.1) is 5.33 Å². The van der Waals surface area contributed by atoms with Gasteiger partial charge in [-0.15, -0.1) is 12.6 Å². The number of ketones is 1. The van der Waals surface area contributed by atoms with E-state index in [1.54, 1.807) is 0 Å². The van der Waals surface area contributed by atoms with Crippen LogP contribution in [-0.4, -0.2) is 11.1 Å². The maximum absolute atomic E-state index is 11.2. The predicted molar refractivity (Wildman–Crippen MR) is 65.6 cm³/mol. The summed E-state index contributed by atoms with van der Waals surface area (Å²) >= 11 is 7.50. The van der Waals surface area contributed by atoms with Crippen molar-refractivity contribution in [1.29, 1.82) is 0 Å². The minimum Gasteiger partial charge on any atom is -0.298 e. The molecule has 76 valence electrons.